The molecule has 0 saturated carbocycles. The standard InChI is InChI=1S/C16H21NO2/c1-12-11-17(14-8-5-4-7-13(12)14)10-6-9-16(2,3)15(18)19/h4-5,7-8,11H,6,9-10H2,1-3H3,(H,18,19). The predicted octanol–water partition coefficient (Wildman–Crippen LogP) is 3.84. The molecule has 2 rings (SSSR count). The highest BCUT2D eigenvalue weighted by Gasteiger charge is 2.26. The second-order valence-corrected chi connectivity index (χ2v) is 5.82. The van der Waals surface area contributed by atoms with E-state index >= 15 is 0 Å². The number of aromatic nitrogens is 1. The van der Waals surface area contributed by atoms with E-state index in [2.05, 4.69) is 29.8 Å². The number of rotatable bonds is 5. The summed E-state index contributed by atoms with van der Waals surface area (Å²) in [6, 6.07) is 8.33. The van der Waals surface area contributed by atoms with Gasteiger partial charge >= 0.3 is 5.97 Å². The number of hydrogen-bond acceptors (Lipinski definition) is 1. The summed E-state index contributed by atoms with van der Waals surface area (Å²) in [7, 11) is 0. The molecule has 0 aliphatic heterocycles. The number of fused-ring (bicyclic) bond motifs is 1. The van der Waals surface area contributed by atoms with E-state index in [0.717, 1.165) is 13.0 Å². The Morgan fingerprint density at radius 3 is 2.68 bits per heavy atom. The minimum atomic E-state index is -0.721. The van der Waals surface area contributed by atoms with Crippen LogP contribution in [0.15, 0.2) is 30.5 Å². The van der Waals surface area contributed by atoms with Gasteiger partial charge in [-0.25, -0.2) is 0 Å². The third kappa shape index (κ3) is 2.80. The lowest BCUT2D eigenvalue weighted by Crippen LogP contribution is -2.23. The summed E-state index contributed by atoms with van der Waals surface area (Å²) in [6.45, 7) is 6.55. The van der Waals surface area contributed by atoms with Crippen LogP contribution in [0.5, 0.6) is 0 Å². The van der Waals surface area contributed by atoms with Crippen molar-refractivity contribution in [3.63, 3.8) is 0 Å². The van der Waals surface area contributed by atoms with Gasteiger partial charge in [0.15, 0.2) is 0 Å². The van der Waals surface area contributed by atoms with Gasteiger partial charge in [0.25, 0.3) is 0 Å². The Hall–Kier alpha value is -1.77. The highest BCUT2D eigenvalue weighted by atomic mass is 16.4. The topological polar surface area (TPSA) is 42.2 Å². The molecular formula is C16H21NO2. The Labute approximate surface area is 113 Å². The van der Waals surface area contributed by atoms with Crippen molar-refractivity contribution in [1.82, 2.24) is 4.57 Å². The summed E-state index contributed by atoms with van der Waals surface area (Å²) in [5, 5.41) is 10.4. The Kier molecular flexibility index (Phi) is 3.65. The van der Waals surface area contributed by atoms with Gasteiger partial charge in [0.2, 0.25) is 0 Å². The van der Waals surface area contributed by atoms with E-state index in [-0.39, 0.29) is 0 Å². The van der Waals surface area contributed by atoms with Gasteiger partial charge in [-0.1, -0.05) is 18.2 Å². The molecule has 102 valence electrons. The highest BCUT2D eigenvalue weighted by molar-refractivity contribution is 5.83. The zero-order valence-electron chi connectivity index (χ0n) is 11.8. The Balaban J connectivity index is 2.09. The summed E-state index contributed by atoms with van der Waals surface area (Å²) < 4.78 is 2.22. The molecule has 3 heteroatoms. The molecular weight excluding hydrogens is 238 g/mol. The first kappa shape index (κ1) is 13.7. The molecule has 0 aliphatic rings. The number of carboxylic acid groups (broad SMARTS) is 1. The first-order chi connectivity index (χ1) is 8.92. The molecule has 19 heavy (non-hydrogen) atoms. The first-order valence-corrected chi connectivity index (χ1v) is 6.70. The fourth-order valence-electron chi connectivity index (χ4n) is 2.41. The van der Waals surface area contributed by atoms with Gasteiger partial charge in [-0.05, 0) is 45.2 Å². The van der Waals surface area contributed by atoms with Crippen molar-refractivity contribution >= 4 is 16.9 Å². The van der Waals surface area contributed by atoms with Crippen LogP contribution in [0.4, 0.5) is 0 Å². The van der Waals surface area contributed by atoms with E-state index in [0.29, 0.717) is 6.42 Å². The van der Waals surface area contributed by atoms with Gasteiger partial charge in [0.05, 0.1) is 5.41 Å². The fraction of sp³-hybridized carbons (Fsp3) is 0.438. The summed E-state index contributed by atoms with van der Waals surface area (Å²) in [6.07, 6.45) is 3.71. The third-order valence-corrected chi connectivity index (χ3v) is 3.77. The summed E-state index contributed by atoms with van der Waals surface area (Å²) in [5.74, 6) is -0.721. The molecule has 3 nitrogen and oxygen atoms in total. The maximum absolute atomic E-state index is 11.1. The first-order valence-electron chi connectivity index (χ1n) is 6.70. The van der Waals surface area contributed by atoms with Gasteiger partial charge in [0, 0.05) is 23.6 Å². The van der Waals surface area contributed by atoms with Crippen LogP contribution in [-0.2, 0) is 11.3 Å². The monoisotopic (exact) mass is 259 g/mol. The summed E-state index contributed by atoms with van der Waals surface area (Å²) >= 11 is 0. The van der Waals surface area contributed by atoms with E-state index in [1.165, 1.54) is 16.5 Å². The molecule has 0 aliphatic carbocycles. The third-order valence-electron chi connectivity index (χ3n) is 3.77. The van der Waals surface area contributed by atoms with E-state index in [4.69, 9.17) is 5.11 Å². The molecule has 0 amide bonds. The lowest BCUT2D eigenvalue weighted by atomic mass is 9.88. The van der Waals surface area contributed by atoms with Crippen molar-refractivity contribution < 1.29 is 9.90 Å². The lowest BCUT2D eigenvalue weighted by Gasteiger charge is -2.18. The molecule has 2 aromatic rings. The number of nitrogens with zero attached hydrogens (tertiary/aromatic N) is 1. The Morgan fingerprint density at radius 1 is 1.32 bits per heavy atom. The highest BCUT2D eigenvalue weighted by Crippen LogP contribution is 2.25. The number of benzene rings is 1. The molecule has 1 aromatic heterocycles. The van der Waals surface area contributed by atoms with Gasteiger partial charge in [-0.15, -0.1) is 0 Å². The van der Waals surface area contributed by atoms with Crippen LogP contribution in [0.1, 0.15) is 32.3 Å². The van der Waals surface area contributed by atoms with Crippen LogP contribution in [0, 0.1) is 12.3 Å². The molecule has 0 saturated heterocycles. The van der Waals surface area contributed by atoms with Gasteiger partial charge in [-0.2, -0.15) is 0 Å². The number of para-hydroxylation sites is 1. The van der Waals surface area contributed by atoms with Crippen LogP contribution in [0.2, 0.25) is 0 Å². The summed E-state index contributed by atoms with van der Waals surface area (Å²) in [5.41, 5.74) is 1.86. The Morgan fingerprint density at radius 2 is 2.00 bits per heavy atom. The van der Waals surface area contributed by atoms with Crippen LogP contribution in [0.3, 0.4) is 0 Å². The maximum Gasteiger partial charge on any atom is 0.309 e. The number of carbonyl (C=O) groups is 1. The van der Waals surface area contributed by atoms with Crippen molar-refractivity contribution in [3.05, 3.63) is 36.0 Å². The zero-order chi connectivity index (χ0) is 14.0. The number of aliphatic carboxylic acids is 1. The largest absolute Gasteiger partial charge is 0.481 e. The molecule has 0 fully saturated rings. The smallest absolute Gasteiger partial charge is 0.309 e. The fourth-order valence-corrected chi connectivity index (χ4v) is 2.41. The molecule has 1 heterocycles. The molecule has 0 bridgehead atoms. The van der Waals surface area contributed by atoms with Crippen molar-refractivity contribution in [2.75, 3.05) is 0 Å². The zero-order valence-corrected chi connectivity index (χ0v) is 11.8. The quantitative estimate of drug-likeness (QED) is 0.886. The van der Waals surface area contributed by atoms with E-state index in [1.807, 2.05) is 12.1 Å². The van der Waals surface area contributed by atoms with Crippen LogP contribution >= 0.6 is 0 Å². The minimum Gasteiger partial charge on any atom is -0.481 e. The Bertz CT molecular complexity index is 596. The average molecular weight is 259 g/mol. The molecule has 0 radical (unpaired) electrons. The minimum absolute atomic E-state index is 0.641. The summed E-state index contributed by atoms with van der Waals surface area (Å²) in [4.78, 5) is 11.1. The van der Waals surface area contributed by atoms with Gasteiger partial charge in [0.1, 0.15) is 0 Å². The van der Waals surface area contributed by atoms with Crippen LogP contribution < -0.4 is 0 Å². The number of hydrogen-bond donors (Lipinski definition) is 1. The SMILES string of the molecule is Cc1cn(CCCC(C)(C)C(=O)O)c2ccccc12. The van der Waals surface area contributed by atoms with E-state index < -0.39 is 11.4 Å². The van der Waals surface area contributed by atoms with Gasteiger partial charge in [-0.3, -0.25) is 4.79 Å². The normalized spacial score (nSPS) is 11.9. The maximum atomic E-state index is 11.1. The average Bonchev–Trinajstić information content (AvgIpc) is 2.67. The van der Waals surface area contributed by atoms with Crippen LogP contribution in [-0.4, -0.2) is 15.6 Å². The second-order valence-electron chi connectivity index (χ2n) is 5.82. The van der Waals surface area contributed by atoms with Crippen molar-refractivity contribution in [2.45, 2.75) is 40.2 Å². The van der Waals surface area contributed by atoms with Crippen molar-refractivity contribution in [3.8, 4) is 0 Å². The van der Waals surface area contributed by atoms with Crippen molar-refractivity contribution in [1.29, 1.82) is 0 Å². The van der Waals surface area contributed by atoms with Crippen molar-refractivity contribution in [2.24, 2.45) is 5.41 Å². The molecule has 0 unspecified atom stereocenters. The number of aryl methyl sites for hydroxylation is 2. The lowest BCUT2D eigenvalue weighted by molar-refractivity contribution is -0.147. The second kappa shape index (κ2) is 5.08. The van der Waals surface area contributed by atoms with E-state index in [1.54, 1.807) is 13.8 Å². The molecule has 1 aromatic carbocycles. The molecule has 1 N–H and O–H groups in total. The molecule has 0 atom stereocenters. The molecule has 0 spiro atoms. The van der Waals surface area contributed by atoms with Crippen LogP contribution in [0.25, 0.3) is 10.9 Å². The predicted molar refractivity (Wildman–Crippen MR) is 77.3 cm³/mol. The number of carboxylic acids is 1. The van der Waals surface area contributed by atoms with E-state index in [9.17, 15) is 4.79 Å². The van der Waals surface area contributed by atoms with Gasteiger partial charge < -0.3 is 9.67 Å².